The van der Waals surface area contributed by atoms with E-state index in [0.717, 1.165) is 12.1 Å². The van der Waals surface area contributed by atoms with E-state index >= 15 is 0 Å². The average molecular weight is 269 g/mol. The maximum Gasteiger partial charge on any atom is 0.0512 e. The van der Waals surface area contributed by atoms with Crippen LogP contribution in [0, 0.1) is 6.92 Å². The second-order valence-electron chi connectivity index (χ2n) is 5.49. The van der Waals surface area contributed by atoms with Crippen molar-refractivity contribution in [3.63, 3.8) is 0 Å². The summed E-state index contributed by atoms with van der Waals surface area (Å²) in [5.74, 6) is 0. The fourth-order valence-corrected chi connectivity index (χ4v) is 2.59. The van der Waals surface area contributed by atoms with Gasteiger partial charge in [0.25, 0.3) is 0 Å². The van der Waals surface area contributed by atoms with E-state index in [9.17, 15) is 0 Å². The van der Waals surface area contributed by atoms with Crippen molar-refractivity contribution >= 4 is 0 Å². The van der Waals surface area contributed by atoms with Gasteiger partial charge in [0.2, 0.25) is 0 Å². The summed E-state index contributed by atoms with van der Waals surface area (Å²) in [7, 11) is 2.11. The van der Waals surface area contributed by atoms with Gasteiger partial charge in [-0.05, 0) is 38.1 Å². The average Bonchev–Trinajstić information content (AvgIpc) is 2.42. The summed E-state index contributed by atoms with van der Waals surface area (Å²) in [6.45, 7) is 5.03. The van der Waals surface area contributed by atoms with Crippen molar-refractivity contribution in [1.29, 1.82) is 0 Å². The molecule has 2 unspecified atom stereocenters. The lowest BCUT2D eigenvalue weighted by Gasteiger charge is -2.31. The van der Waals surface area contributed by atoms with Crippen LogP contribution >= 0.6 is 0 Å². The number of hydrogen-bond donors (Lipinski definition) is 1. The van der Waals surface area contributed by atoms with Gasteiger partial charge in [0.15, 0.2) is 0 Å². The Morgan fingerprint density at radius 2 is 1.90 bits per heavy atom. The molecule has 0 saturated heterocycles. The molecular weight excluding hydrogens is 246 g/mol. The summed E-state index contributed by atoms with van der Waals surface area (Å²) >= 11 is 0. The highest BCUT2D eigenvalue weighted by atomic mass is 15.1. The van der Waals surface area contributed by atoms with Gasteiger partial charge in [-0.3, -0.25) is 9.88 Å². The van der Waals surface area contributed by atoms with Crippen LogP contribution in [0.3, 0.4) is 0 Å². The summed E-state index contributed by atoms with van der Waals surface area (Å²) in [5.41, 5.74) is 9.93. The monoisotopic (exact) mass is 269 g/mol. The molecule has 3 heteroatoms. The van der Waals surface area contributed by atoms with E-state index in [4.69, 9.17) is 5.73 Å². The Labute approximate surface area is 121 Å². The maximum absolute atomic E-state index is 6.18. The van der Waals surface area contributed by atoms with Gasteiger partial charge >= 0.3 is 0 Å². The first-order chi connectivity index (χ1) is 9.58. The predicted octanol–water partition coefficient (Wildman–Crippen LogP) is 2.91. The molecule has 0 fully saturated rings. The normalized spacial score (nSPS) is 14.2. The second kappa shape index (κ2) is 6.64. The number of nitrogens with zero attached hydrogens (tertiary/aromatic N) is 2. The Morgan fingerprint density at radius 1 is 1.20 bits per heavy atom. The number of pyridine rings is 1. The number of rotatable bonds is 5. The molecule has 0 aliphatic heterocycles. The van der Waals surface area contributed by atoms with Crippen LogP contribution in [-0.4, -0.2) is 23.0 Å². The molecule has 1 heterocycles. The van der Waals surface area contributed by atoms with Crippen LogP contribution in [0.2, 0.25) is 0 Å². The first-order valence-corrected chi connectivity index (χ1v) is 6.99. The molecule has 1 aromatic heterocycles. The van der Waals surface area contributed by atoms with E-state index in [1.165, 1.54) is 11.1 Å². The fraction of sp³-hybridized carbons (Fsp3) is 0.353. The molecule has 3 nitrogen and oxygen atoms in total. The topological polar surface area (TPSA) is 42.2 Å². The van der Waals surface area contributed by atoms with Crippen molar-refractivity contribution in [2.45, 2.75) is 32.5 Å². The highest BCUT2D eigenvalue weighted by Gasteiger charge is 2.21. The molecule has 0 amide bonds. The molecule has 0 spiro atoms. The van der Waals surface area contributed by atoms with Crippen LogP contribution in [0.1, 0.15) is 29.7 Å². The number of hydrogen-bond acceptors (Lipinski definition) is 3. The van der Waals surface area contributed by atoms with Gasteiger partial charge in [0, 0.05) is 25.0 Å². The molecule has 0 aliphatic rings. The summed E-state index contributed by atoms with van der Waals surface area (Å²) in [6.07, 6.45) is 3.70. The zero-order valence-corrected chi connectivity index (χ0v) is 12.5. The molecule has 20 heavy (non-hydrogen) atoms. The summed E-state index contributed by atoms with van der Waals surface area (Å²) in [6, 6.07) is 12.9. The van der Waals surface area contributed by atoms with Crippen LogP contribution in [0.4, 0.5) is 0 Å². The highest BCUT2D eigenvalue weighted by molar-refractivity contribution is 5.22. The van der Waals surface area contributed by atoms with E-state index in [-0.39, 0.29) is 12.1 Å². The van der Waals surface area contributed by atoms with Gasteiger partial charge in [-0.25, -0.2) is 0 Å². The zero-order chi connectivity index (χ0) is 14.5. The molecule has 106 valence electrons. The van der Waals surface area contributed by atoms with Crippen LogP contribution < -0.4 is 5.73 Å². The molecule has 0 aliphatic carbocycles. The van der Waals surface area contributed by atoms with Gasteiger partial charge in [0.05, 0.1) is 6.04 Å². The van der Waals surface area contributed by atoms with E-state index < -0.39 is 0 Å². The van der Waals surface area contributed by atoms with E-state index in [1.807, 2.05) is 19.2 Å². The Hall–Kier alpha value is -1.71. The smallest absolute Gasteiger partial charge is 0.0512 e. The van der Waals surface area contributed by atoms with E-state index in [2.05, 4.69) is 54.2 Å². The van der Waals surface area contributed by atoms with Crippen molar-refractivity contribution in [2.75, 3.05) is 7.05 Å². The fourth-order valence-electron chi connectivity index (χ4n) is 2.59. The predicted molar refractivity (Wildman–Crippen MR) is 83.3 cm³/mol. The van der Waals surface area contributed by atoms with E-state index in [1.54, 1.807) is 6.20 Å². The van der Waals surface area contributed by atoms with Gasteiger partial charge < -0.3 is 5.73 Å². The van der Waals surface area contributed by atoms with Crippen LogP contribution in [0.15, 0.2) is 48.8 Å². The lowest BCUT2D eigenvalue weighted by molar-refractivity contribution is 0.210. The molecule has 2 N–H and O–H groups in total. The van der Waals surface area contributed by atoms with Gasteiger partial charge in [-0.2, -0.15) is 0 Å². The molecule has 0 radical (unpaired) electrons. The summed E-state index contributed by atoms with van der Waals surface area (Å²) in [5, 5.41) is 0. The first-order valence-electron chi connectivity index (χ1n) is 6.99. The third-order valence-electron chi connectivity index (χ3n) is 3.55. The van der Waals surface area contributed by atoms with Gasteiger partial charge in [-0.15, -0.1) is 0 Å². The number of likely N-dealkylation sites (N-methyl/N-ethyl adjacent to an activating group) is 1. The van der Waals surface area contributed by atoms with E-state index in [0.29, 0.717) is 0 Å². The number of aromatic nitrogens is 1. The van der Waals surface area contributed by atoms with Crippen molar-refractivity contribution in [3.8, 4) is 0 Å². The zero-order valence-electron chi connectivity index (χ0n) is 12.5. The van der Waals surface area contributed by atoms with Crippen molar-refractivity contribution < 1.29 is 0 Å². The third-order valence-corrected chi connectivity index (χ3v) is 3.55. The summed E-state index contributed by atoms with van der Waals surface area (Å²) in [4.78, 5) is 6.49. The maximum atomic E-state index is 6.18. The number of aryl methyl sites for hydroxylation is 1. The number of nitrogens with two attached hydrogens (primary N) is 1. The molecule has 2 atom stereocenters. The summed E-state index contributed by atoms with van der Waals surface area (Å²) < 4.78 is 0. The SMILES string of the molecule is Cc1ccc(CN(C)C(c2cccnc2)C(C)N)cc1. The Balaban J connectivity index is 2.15. The second-order valence-corrected chi connectivity index (χ2v) is 5.49. The van der Waals surface area contributed by atoms with Gasteiger partial charge in [-0.1, -0.05) is 35.9 Å². The molecule has 2 aromatic rings. The van der Waals surface area contributed by atoms with Gasteiger partial charge in [0.1, 0.15) is 0 Å². The molecule has 0 bridgehead atoms. The van der Waals surface area contributed by atoms with Crippen LogP contribution in [-0.2, 0) is 6.54 Å². The Kier molecular flexibility index (Phi) is 4.88. The minimum atomic E-state index is 0.0506. The standard InChI is InChI=1S/C17H23N3/c1-13-6-8-15(9-7-13)12-20(3)17(14(2)18)16-5-4-10-19-11-16/h4-11,14,17H,12,18H2,1-3H3. The lowest BCUT2D eigenvalue weighted by Crippen LogP contribution is -2.37. The van der Waals surface area contributed by atoms with Crippen LogP contribution in [0.25, 0.3) is 0 Å². The van der Waals surface area contributed by atoms with Crippen molar-refractivity contribution in [2.24, 2.45) is 5.73 Å². The lowest BCUT2D eigenvalue weighted by atomic mass is 10.0. The molecule has 2 rings (SSSR count). The molecule has 1 aromatic carbocycles. The Morgan fingerprint density at radius 3 is 2.45 bits per heavy atom. The highest BCUT2D eigenvalue weighted by Crippen LogP contribution is 2.23. The van der Waals surface area contributed by atoms with Crippen molar-refractivity contribution in [3.05, 3.63) is 65.5 Å². The largest absolute Gasteiger partial charge is 0.326 e. The molecular formula is C17H23N3. The first kappa shape index (κ1) is 14.7. The minimum absolute atomic E-state index is 0.0506. The van der Waals surface area contributed by atoms with Crippen LogP contribution in [0.5, 0.6) is 0 Å². The third kappa shape index (κ3) is 3.65. The molecule has 0 saturated carbocycles. The number of benzene rings is 1. The Bertz CT molecular complexity index is 520. The van der Waals surface area contributed by atoms with Crippen molar-refractivity contribution in [1.82, 2.24) is 9.88 Å². The quantitative estimate of drug-likeness (QED) is 0.907. The minimum Gasteiger partial charge on any atom is -0.326 e.